The normalized spacial score (nSPS) is 21.6. The van der Waals surface area contributed by atoms with Gasteiger partial charge in [0.2, 0.25) is 0 Å². The summed E-state index contributed by atoms with van der Waals surface area (Å²) in [6.45, 7) is 0. The van der Waals surface area contributed by atoms with Crippen molar-refractivity contribution in [1.29, 1.82) is 0 Å². The summed E-state index contributed by atoms with van der Waals surface area (Å²) < 4.78 is 0. The molecule has 0 amide bonds. The second-order valence-corrected chi connectivity index (χ2v) is 19.2. The van der Waals surface area contributed by atoms with Crippen LogP contribution in [0.25, 0.3) is 56.4 Å². The highest BCUT2D eigenvalue weighted by molar-refractivity contribution is 6.01. The molecule has 4 fully saturated rings. The van der Waals surface area contributed by atoms with Crippen LogP contribution in [0.2, 0.25) is 0 Å². The Bertz CT molecular complexity index is 3250. The van der Waals surface area contributed by atoms with E-state index in [0.717, 1.165) is 79.6 Å². The summed E-state index contributed by atoms with van der Waals surface area (Å²) in [6.07, 6.45) is 6.87. The van der Waals surface area contributed by atoms with Crippen LogP contribution >= 0.6 is 0 Å². The van der Waals surface area contributed by atoms with Gasteiger partial charge in [0.25, 0.3) is 0 Å². The maximum absolute atomic E-state index is 5.37. The van der Waals surface area contributed by atoms with Crippen molar-refractivity contribution in [3.63, 3.8) is 0 Å². The number of aromatic nitrogens is 3. The van der Waals surface area contributed by atoms with Crippen LogP contribution in [0.4, 0.5) is 34.1 Å². The number of anilines is 6. The zero-order valence-electron chi connectivity index (χ0n) is 36.6. The minimum Gasteiger partial charge on any atom is -0.306 e. The summed E-state index contributed by atoms with van der Waals surface area (Å²) in [5.74, 6) is 5.28. The lowest BCUT2D eigenvalue weighted by atomic mass is 9.43. The lowest BCUT2D eigenvalue weighted by molar-refractivity contribution is -0.0399. The first-order chi connectivity index (χ1) is 32.7. The Labute approximate surface area is 386 Å². The topological polar surface area (TPSA) is 45.2 Å². The molecule has 4 bridgehead atoms. The molecule has 316 valence electrons. The molecule has 4 saturated carbocycles. The minimum absolute atomic E-state index is 0.0772. The van der Waals surface area contributed by atoms with Crippen molar-refractivity contribution in [2.75, 3.05) is 9.80 Å². The Kier molecular flexibility index (Phi) is 8.40. The van der Waals surface area contributed by atoms with Gasteiger partial charge in [-0.15, -0.1) is 0 Å². The van der Waals surface area contributed by atoms with Crippen molar-refractivity contribution < 1.29 is 0 Å². The summed E-state index contributed by atoms with van der Waals surface area (Å²) in [5.41, 5.74) is 18.0. The number of hydrogen-bond donors (Lipinski definition) is 0. The van der Waals surface area contributed by atoms with Crippen molar-refractivity contribution in [2.24, 2.45) is 23.7 Å². The monoisotopic (exact) mass is 849 g/mol. The molecule has 15 rings (SSSR count). The van der Waals surface area contributed by atoms with Crippen molar-refractivity contribution >= 4 is 34.1 Å². The highest BCUT2D eigenvalue weighted by Crippen LogP contribution is 2.70. The highest BCUT2D eigenvalue weighted by Gasteiger charge is 2.61. The second-order valence-electron chi connectivity index (χ2n) is 19.2. The molecule has 66 heavy (non-hydrogen) atoms. The molecule has 9 aromatic rings. The van der Waals surface area contributed by atoms with Gasteiger partial charge in [-0.05, 0) is 138 Å². The number of hydrogen-bond acceptors (Lipinski definition) is 5. The summed E-state index contributed by atoms with van der Waals surface area (Å²) in [7, 11) is 0. The van der Waals surface area contributed by atoms with Crippen LogP contribution in [0.5, 0.6) is 0 Å². The van der Waals surface area contributed by atoms with Crippen molar-refractivity contribution in [3.8, 4) is 56.4 Å². The van der Waals surface area contributed by atoms with E-state index in [4.69, 9.17) is 15.0 Å². The van der Waals surface area contributed by atoms with Crippen molar-refractivity contribution in [2.45, 2.75) is 37.5 Å². The molecule has 0 saturated heterocycles. The molecule has 0 unspecified atom stereocenters. The third-order valence-corrected chi connectivity index (χ3v) is 15.8. The Hall–Kier alpha value is -7.63. The Balaban J connectivity index is 0.829. The van der Waals surface area contributed by atoms with Crippen LogP contribution in [0.1, 0.15) is 43.2 Å². The van der Waals surface area contributed by atoms with Gasteiger partial charge < -0.3 is 9.80 Å². The molecule has 6 aliphatic rings. The van der Waals surface area contributed by atoms with Gasteiger partial charge in [-0.1, -0.05) is 152 Å². The molecule has 1 aliphatic heterocycles. The highest BCUT2D eigenvalue weighted by atomic mass is 15.3. The van der Waals surface area contributed by atoms with Gasteiger partial charge in [-0.3, -0.25) is 0 Å². The molecule has 2 heterocycles. The number of nitrogens with zero attached hydrogens (tertiary/aromatic N) is 5. The maximum atomic E-state index is 5.37. The first kappa shape index (κ1) is 37.7. The van der Waals surface area contributed by atoms with E-state index < -0.39 is 0 Å². The van der Waals surface area contributed by atoms with Gasteiger partial charge in [0.05, 0.1) is 22.7 Å². The Morgan fingerprint density at radius 3 is 1.35 bits per heavy atom. The fourth-order valence-corrected chi connectivity index (χ4v) is 13.4. The number of rotatable bonds is 6. The molecule has 0 atom stereocenters. The van der Waals surface area contributed by atoms with E-state index >= 15 is 0 Å². The van der Waals surface area contributed by atoms with E-state index in [1.54, 1.807) is 5.56 Å². The van der Waals surface area contributed by atoms with Gasteiger partial charge in [0.1, 0.15) is 0 Å². The molecular formula is C61H47N5. The van der Waals surface area contributed by atoms with E-state index in [-0.39, 0.29) is 5.41 Å². The lowest BCUT2D eigenvalue weighted by Crippen LogP contribution is -2.55. The molecule has 0 N–H and O–H groups in total. The average Bonchev–Trinajstić information content (AvgIpc) is 3.68. The van der Waals surface area contributed by atoms with Crippen molar-refractivity contribution in [3.05, 3.63) is 211 Å². The van der Waals surface area contributed by atoms with Crippen LogP contribution < -0.4 is 9.80 Å². The predicted molar refractivity (Wildman–Crippen MR) is 268 cm³/mol. The molecule has 1 spiro atoms. The number of benzene rings is 8. The second kappa shape index (κ2) is 14.7. The maximum Gasteiger partial charge on any atom is 0.164 e. The molecule has 5 nitrogen and oxygen atoms in total. The van der Waals surface area contributed by atoms with E-state index in [2.05, 4.69) is 204 Å². The van der Waals surface area contributed by atoms with Gasteiger partial charge in [0.15, 0.2) is 17.5 Å². The molecular weight excluding hydrogens is 803 g/mol. The van der Waals surface area contributed by atoms with Crippen LogP contribution in [-0.2, 0) is 5.41 Å². The summed E-state index contributed by atoms with van der Waals surface area (Å²) in [6, 6.07) is 72.3. The summed E-state index contributed by atoms with van der Waals surface area (Å²) in [5, 5.41) is 0. The molecule has 0 radical (unpaired) electrons. The molecule has 5 heteroatoms. The molecule has 8 aromatic carbocycles. The SMILES string of the molecule is c1ccc(-c2nc(-c3ccc(-c4ccc(N5c6ccccc6N(c6ccccc6)c6ccccc65)cc4)cc3)nc(-c3cccc4c3-c3ccccc3C43C4CC5CC(C4)CC3C5)n2)cc1. The fraction of sp³-hybridized carbons (Fsp3) is 0.164. The van der Waals surface area contributed by atoms with Gasteiger partial charge in [-0.2, -0.15) is 0 Å². The Morgan fingerprint density at radius 1 is 0.333 bits per heavy atom. The first-order valence-electron chi connectivity index (χ1n) is 23.8. The van der Waals surface area contributed by atoms with E-state index in [1.807, 2.05) is 6.07 Å². The van der Waals surface area contributed by atoms with Gasteiger partial charge in [0, 0.05) is 33.5 Å². The van der Waals surface area contributed by atoms with Crippen molar-refractivity contribution in [1.82, 2.24) is 15.0 Å². The average molecular weight is 850 g/mol. The van der Waals surface area contributed by atoms with Crippen LogP contribution in [-0.4, -0.2) is 15.0 Å². The predicted octanol–water partition coefficient (Wildman–Crippen LogP) is 15.5. The third-order valence-electron chi connectivity index (χ3n) is 15.8. The van der Waals surface area contributed by atoms with E-state index in [1.165, 1.54) is 48.8 Å². The molecule has 5 aliphatic carbocycles. The standard InChI is InChI=1S/C61H47N5/c1-3-14-43(15-4-1)58-62-59(64-60(63-58)50-19-13-21-52-57(50)49-18-7-8-20-51(49)61(52)45-35-39-34-40(37-45)38-46(61)36-39)44-28-26-41(27-29-44)42-30-32-48(33-31-42)66-55-24-11-9-22-53(55)65(47-16-5-2-6-17-47)54-23-10-12-25-56(54)66/h1-33,39-40,45-46H,34-38H2. The fourth-order valence-electron chi connectivity index (χ4n) is 13.4. The molecule has 1 aromatic heterocycles. The van der Waals surface area contributed by atoms with E-state index in [9.17, 15) is 0 Å². The Morgan fingerprint density at radius 2 is 0.758 bits per heavy atom. The van der Waals surface area contributed by atoms with E-state index in [0.29, 0.717) is 23.5 Å². The lowest BCUT2D eigenvalue weighted by Gasteiger charge is -2.61. The van der Waals surface area contributed by atoms with Gasteiger partial charge >= 0.3 is 0 Å². The minimum atomic E-state index is 0.0772. The number of fused-ring (bicyclic) bond motifs is 5. The van der Waals surface area contributed by atoms with Crippen LogP contribution in [0, 0.1) is 23.7 Å². The smallest absolute Gasteiger partial charge is 0.164 e. The first-order valence-corrected chi connectivity index (χ1v) is 23.8. The third kappa shape index (κ3) is 5.62. The summed E-state index contributed by atoms with van der Waals surface area (Å²) in [4.78, 5) is 20.6. The van der Waals surface area contributed by atoms with Gasteiger partial charge in [-0.25, -0.2) is 15.0 Å². The largest absolute Gasteiger partial charge is 0.306 e. The summed E-state index contributed by atoms with van der Waals surface area (Å²) >= 11 is 0. The zero-order valence-corrected chi connectivity index (χ0v) is 36.6. The zero-order chi connectivity index (χ0) is 43.3. The van der Waals surface area contributed by atoms with Crippen LogP contribution in [0.15, 0.2) is 200 Å². The number of para-hydroxylation sites is 5. The quantitative estimate of drug-likeness (QED) is 0.167. The van der Waals surface area contributed by atoms with Crippen LogP contribution in [0.3, 0.4) is 0 Å².